The summed E-state index contributed by atoms with van der Waals surface area (Å²) in [5, 5.41) is 3.85. The molecule has 0 aliphatic rings. The Morgan fingerprint density at radius 2 is 1.89 bits per heavy atom. The summed E-state index contributed by atoms with van der Waals surface area (Å²) in [6.07, 6.45) is 3.42. The summed E-state index contributed by atoms with van der Waals surface area (Å²) in [5.74, 6) is -0.551. The van der Waals surface area contributed by atoms with E-state index in [-0.39, 0.29) is 29.3 Å². The number of nitrogens with zero attached hydrogens (tertiary/aromatic N) is 4. The number of nitrogens with two attached hydrogens (primary N) is 1. The number of methoxy groups -OCH3 is 1. The normalized spacial score (nSPS) is 12.2. The topological polar surface area (TPSA) is 107 Å². The lowest BCUT2D eigenvalue weighted by Crippen LogP contribution is -2.35. The van der Waals surface area contributed by atoms with Gasteiger partial charge in [0.25, 0.3) is 5.91 Å². The monoisotopic (exact) mass is 484 g/mol. The molecule has 5 rings (SSSR count). The minimum absolute atomic E-state index is 0.153. The number of halogens is 1. The van der Waals surface area contributed by atoms with Crippen molar-refractivity contribution in [3.63, 3.8) is 0 Å². The zero-order valence-corrected chi connectivity index (χ0v) is 20.1. The molecule has 1 unspecified atom stereocenters. The molecule has 0 aliphatic heterocycles. The van der Waals surface area contributed by atoms with E-state index in [1.54, 1.807) is 36.0 Å². The molecule has 0 radical (unpaired) electrons. The maximum absolute atomic E-state index is 13.7. The number of carbonyl (C=O) groups is 1. The fourth-order valence-electron chi connectivity index (χ4n) is 4.28. The van der Waals surface area contributed by atoms with Gasteiger partial charge in [-0.25, -0.2) is 14.4 Å². The van der Waals surface area contributed by atoms with Crippen molar-refractivity contribution in [1.82, 2.24) is 24.7 Å². The number of rotatable bonds is 6. The third kappa shape index (κ3) is 4.25. The molecule has 9 heteroatoms. The summed E-state index contributed by atoms with van der Waals surface area (Å²) >= 11 is 0. The van der Waals surface area contributed by atoms with Gasteiger partial charge in [-0.2, -0.15) is 0 Å². The first kappa shape index (κ1) is 23.4. The van der Waals surface area contributed by atoms with E-state index in [0.29, 0.717) is 29.2 Å². The van der Waals surface area contributed by atoms with E-state index in [4.69, 9.17) is 10.5 Å². The predicted molar refractivity (Wildman–Crippen MR) is 137 cm³/mol. The average molecular weight is 485 g/mol. The van der Waals surface area contributed by atoms with Crippen molar-refractivity contribution in [3.05, 3.63) is 78.0 Å². The SMILES string of the molecule is COCC(C)NC(=O)c1cn2c(-c3ccc4nccc(C)c4c3)c(-c3ccc(F)cc3)nc(N)c2n1. The highest BCUT2D eigenvalue weighted by Gasteiger charge is 2.22. The van der Waals surface area contributed by atoms with Crippen LogP contribution in [-0.2, 0) is 4.74 Å². The number of hydrogen-bond acceptors (Lipinski definition) is 6. The van der Waals surface area contributed by atoms with Gasteiger partial charge in [0.15, 0.2) is 11.5 Å². The van der Waals surface area contributed by atoms with Crippen molar-refractivity contribution in [3.8, 4) is 22.5 Å². The van der Waals surface area contributed by atoms with Crippen LogP contribution in [0.4, 0.5) is 10.2 Å². The van der Waals surface area contributed by atoms with Gasteiger partial charge < -0.3 is 15.8 Å². The van der Waals surface area contributed by atoms with Gasteiger partial charge in [0, 0.05) is 42.1 Å². The van der Waals surface area contributed by atoms with E-state index >= 15 is 0 Å². The number of aromatic nitrogens is 4. The van der Waals surface area contributed by atoms with Crippen LogP contribution in [0.1, 0.15) is 23.0 Å². The lowest BCUT2D eigenvalue weighted by atomic mass is 10.0. The van der Waals surface area contributed by atoms with Gasteiger partial charge in [0.1, 0.15) is 11.5 Å². The third-order valence-electron chi connectivity index (χ3n) is 6.01. The number of amides is 1. The fraction of sp³-hybridized carbons (Fsp3) is 0.185. The summed E-state index contributed by atoms with van der Waals surface area (Å²) in [5.41, 5.74) is 11.5. The second-order valence-corrected chi connectivity index (χ2v) is 8.71. The number of benzene rings is 2. The molecular weight excluding hydrogens is 459 g/mol. The number of ether oxygens (including phenoxy) is 1. The number of anilines is 1. The largest absolute Gasteiger partial charge is 0.383 e. The number of nitrogen functional groups attached to an aromatic ring is 1. The van der Waals surface area contributed by atoms with E-state index < -0.39 is 0 Å². The summed E-state index contributed by atoms with van der Waals surface area (Å²) in [7, 11) is 1.57. The van der Waals surface area contributed by atoms with Crippen molar-refractivity contribution in [2.24, 2.45) is 0 Å². The van der Waals surface area contributed by atoms with E-state index in [2.05, 4.69) is 20.3 Å². The number of carbonyl (C=O) groups excluding carboxylic acids is 1. The highest BCUT2D eigenvalue weighted by Crippen LogP contribution is 2.35. The fourth-order valence-corrected chi connectivity index (χ4v) is 4.28. The maximum Gasteiger partial charge on any atom is 0.271 e. The Kier molecular flexibility index (Phi) is 6.07. The third-order valence-corrected chi connectivity index (χ3v) is 6.01. The van der Waals surface area contributed by atoms with Crippen LogP contribution in [-0.4, -0.2) is 45.0 Å². The van der Waals surface area contributed by atoms with E-state index in [1.165, 1.54) is 12.1 Å². The Morgan fingerprint density at radius 1 is 1.14 bits per heavy atom. The van der Waals surface area contributed by atoms with Gasteiger partial charge in [-0.05, 0) is 61.9 Å². The van der Waals surface area contributed by atoms with Gasteiger partial charge in [-0.15, -0.1) is 0 Å². The molecule has 3 heterocycles. The van der Waals surface area contributed by atoms with Crippen LogP contribution in [0.2, 0.25) is 0 Å². The van der Waals surface area contributed by atoms with Gasteiger partial charge in [0.2, 0.25) is 0 Å². The minimum atomic E-state index is -0.353. The molecule has 3 aromatic heterocycles. The standard InChI is InChI=1S/C27H25FN6O2/c1-15-10-11-30-21-9-6-18(12-20(15)21)24-23(17-4-7-19(28)8-5-17)33-25(29)26-32-22(13-34(24)26)27(35)31-16(2)14-36-3/h4-13,16H,14H2,1-3H3,(H2,29,33)(H,31,35). The molecule has 36 heavy (non-hydrogen) atoms. The molecule has 0 aliphatic carbocycles. The van der Waals surface area contributed by atoms with Crippen LogP contribution in [0.5, 0.6) is 0 Å². The lowest BCUT2D eigenvalue weighted by molar-refractivity contribution is 0.0901. The molecule has 0 saturated carbocycles. The van der Waals surface area contributed by atoms with Crippen LogP contribution in [0, 0.1) is 12.7 Å². The van der Waals surface area contributed by atoms with E-state index in [0.717, 1.165) is 22.0 Å². The second kappa shape index (κ2) is 9.35. The van der Waals surface area contributed by atoms with Gasteiger partial charge in [-0.1, -0.05) is 6.07 Å². The molecule has 0 bridgehead atoms. The zero-order chi connectivity index (χ0) is 25.4. The number of fused-ring (bicyclic) bond motifs is 2. The molecule has 0 saturated heterocycles. The van der Waals surface area contributed by atoms with E-state index in [1.807, 2.05) is 38.1 Å². The number of nitrogens with one attached hydrogen (secondary N) is 1. The van der Waals surface area contributed by atoms with Crippen molar-refractivity contribution < 1.29 is 13.9 Å². The lowest BCUT2D eigenvalue weighted by Gasteiger charge is -2.14. The molecule has 2 aromatic carbocycles. The molecule has 0 spiro atoms. The Bertz CT molecular complexity index is 1600. The van der Waals surface area contributed by atoms with Gasteiger partial charge in [0.05, 0.1) is 23.5 Å². The van der Waals surface area contributed by atoms with Gasteiger partial charge in [-0.3, -0.25) is 14.2 Å². The first-order valence-corrected chi connectivity index (χ1v) is 11.5. The highest BCUT2D eigenvalue weighted by atomic mass is 19.1. The van der Waals surface area contributed by atoms with E-state index in [9.17, 15) is 9.18 Å². The quantitative estimate of drug-likeness (QED) is 0.370. The molecular formula is C27H25FN6O2. The number of imidazole rings is 1. The van der Waals surface area contributed by atoms with Gasteiger partial charge >= 0.3 is 0 Å². The molecule has 3 N–H and O–H groups in total. The number of hydrogen-bond donors (Lipinski definition) is 2. The van der Waals surface area contributed by atoms with Crippen LogP contribution < -0.4 is 11.1 Å². The van der Waals surface area contributed by atoms with Crippen LogP contribution >= 0.6 is 0 Å². The van der Waals surface area contributed by atoms with Crippen LogP contribution in [0.3, 0.4) is 0 Å². The zero-order valence-electron chi connectivity index (χ0n) is 20.1. The summed E-state index contributed by atoms with van der Waals surface area (Å²) in [4.78, 5) is 26.5. The molecule has 1 amide bonds. The summed E-state index contributed by atoms with van der Waals surface area (Å²) in [6, 6.07) is 13.7. The first-order chi connectivity index (χ1) is 17.4. The summed E-state index contributed by atoms with van der Waals surface area (Å²) in [6.45, 7) is 4.23. The summed E-state index contributed by atoms with van der Waals surface area (Å²) < 4.78 is 20.6. The first-order valence-electron chi connectivity index (χ1n) is 11.5. The Labute approximate surface area is 207 Å². The smallest absolute Gasteiger partial charge is 0.271 e. The minimum Gasteiger partial charge on any atom is -0.383 e. The second-order valence-electron chi connectivity index (χ2n) is 8.71. The van der Waals surface area contributed by atoms with Crippen molar-refractivity contribution in [2.75, 3.05) is 19.5 Å². The maximum atomic E-state index is 13.7. The van der Waals surface area contributed by atoms with Crippen LogP contribution in [0.15, 0.2) is 60.9 Å². The van der Waals surface area contributed by atoms with Crippen molar-refractivity contribution in [1.29, 1.82) is 0 Å². The van der Waals surface area contributed by atoms with Crippen molar-refractivity contribution in [2.45, 2.75) is 19.9 Å². The van der Waals surface area contributed by atoms with Crippen LogP contribution in [0.25, 0.3) is 39.1 Å². The molecule has 5 aromatic rings. The Hall–Kier alpha value is -4.37. The Morgan fingerprint density at radius 3 is 2.64 bits per heavy atom. The number of aryl methyl sites for hydroxylation is 1. The Balaban J connectivity index is 1.75. The molecule has 8 nitrogen and oxygen atoms in total. The molecule has 1 atom stereocenters. The predicted octanol–water partition coefficient (Wildman–Crippen LogP) is 4.41. The average Bonchev–Trinajstić information content (AvgIpc) is 3.31. The van der Waals surface area contributed by atoms with Crippen molar-refractivity contribution >= 4 is 28.3 Å². The highest BCUT2D eigenvalue weighted by molar-refractivity contribution is 5.95. The number of pyridine rings is 1. The molecule has 0 fully saturated rings. The molecule has 182 valence electrons.